The molecule has 166 valence electrons. The Morgan fingerprint density at radius 1 is 1.03 bits per heavy atom. The van der Waals surface area contributed by atoms with Gasteiger partial charge >= 0.3 is 0 Å². The number of thiazole rings is 1. The number of halogens is 1. The van der Waals surface area contributed by atoms with Crippen LogP contribution in [0.1, 0.15) is 21.6 Å². The van der Waals surface area contributed by atoms with E-state index in [0.717, 1.165) is 16.7 Å². The molecule has 3 aromatic carbocycles. The van der Waals surface area contributed by atoms with E-state index in [-0.39, 0.29) is 25.1 Å². The highest BCUT2D eigenvalue weighted by molar-refractivity contribution is 7.13. The van der Waals surface area contributed by atoms with E-state index in [4.69, 9.17) is 14.2 Å². The summed E-state index contributed by atoms with van der Waals surface area (Å²) < 4.78 is 29.8. The number of fused-ring (bicyclic) bond motifs is 1. The molecule has 1 aromatic heterocycles. The van der Waals surface area contributed by atoms with Gasteiger partial charge in [0.1, 0.15) is 28.9 Å². The maximum Gasteiger partial charge on any atom is 0.271 e. The van der Waals surface area contributed by atoms with Crippen LogP contribution in [0, 0.1) is 5.82 Å². The van der Waals surface area contributed by atoms with Crippen LogP contribution in [0.3, 0.4) is 0 Å². The van der Waals surface area contributed by atoms with Gasteiger partial charge in [0.15, 0.2) is 11.5 Å². The molecular weight excluding hydrogens is 443 g/mol. The quantitative estimate of drug-likeness (QED) is 0.410. The van der Waals surface area contributed by atoms with Crippen molar-refractivity contribution in [3.8, 4) is 27.8 Å². The molecule has 1 amide bonds. The molecule has 5 rings (SSSR count). The number of carbonyl (C=O) groups excluding carboxylic acids is 1. The molecule has 0 spiro atoms. The molecule has 0 saturated carbocycles. The first-order valence-corrected chi connectivity index (χ1v) is 11.1. The topological polar surface area (TPSA) is 69.7 Å². The van der Waals surface area contributed by atoms with Gasteiger partial charge in [0.2, 0.25) is 6.79 Å². The smallest absolute Gasteiger partial charge is 0.271 e. The lowest BCUT2D eigenvalue weighted by molar-refractivity contribution is 0.0946. The number of amides is 1. The fourth-order valence-corrected chi connectivity index (χ4v) is 4.14. The van der Waals surface area contributed by atoms with Crippen molar-refractivity contribution in [2.24, 2.45) is 0 Å². The SMILES string of the molecule is O=C(NCc1ccc2c(c1)OCO2)c1csc(-c2cccc(OCc3cccc(F)c3)c2)n1. The first-order chi connectivity index (χ1) is 16.1. The number of ether oxygens (including phenoxy) is 3. The third kappa shape index (κ3) is 4.96. The molecule has 0 atom stereocenters. The molecule has 1 N–H and O–H groups in total. The Labute approximate surface area is 193 Å². The lowest BCUT2D eigenvalue weighted by Gasteiger charge is -2.07. The van der Waals surface area contributed by atoms with Crippen LogP contribution >= 0.6 is 11.3 Å². The molecule has 0 bridgehead atoms. The molecule has 1 aliphatic heterocycles. The van der Waals surface area contributed by atoms with Crippen molar-refractivity contribution in [2.75, 3.05) is 6.79 Å². The molecule has 0 aliphatic carbocycles. The summed E-state index contributed by atoms with van der Waals surface area (Å²) in [6.45, 7) is 0.822. The fourth-order valence-electron chi connectivity index (χ4n) is 3.35. The second-order valence-corrected chi connectivity index (χ2v) is 8.21. The Balaban J connectivity index is 1.21. The second kappa shape index (κ2) is 9.30. The van der Waals surface area contributed by atoms with Gasteiger partial charge in [-0.05, 0) is 47.5 Å². The summed E-state index contributed by atoms with van der Waals surface area (Å²) in [6.07, 6.45) is 0. The van der Waals surface area contributed by atoms with E-state index in [9.17, 15) is 9.18 Å². The normalized spacial score (nSPS) is 11.9. The highest BCUT2D eigenvalue weighted by atomic mass is 32.1. The van der Waals surface area contributed by atoms with Crippen molar-refractivity contribution >= 4 is 17.2 Å². The van der Waals surface area contributed by atoms with Gasteiger partial charge in [0.25, 0.3) is 5.91 Å². The lowest BCUT2D eigenvalue weighted by Crippen LogP contribution is -2.23. The number of rotatable bonds is 7. The third-order valence-corrected chi connectivity index (χ3v) is 5.89. The molecule has 2 heterocycles. The standard InChI is InChI=1S/C25H19FN2O4S/c26-19-5-1-3-17(9-19)13-30-20-6-2-4-18(11-20)25-28-21(14-33-25)24(29)27-12-16-7-8-22-23(10-16)32-15-31-22/h1-11,14H,12-13,15H2,(H,27,29). The van der Waals surface area contributed by atoms with E-state index in [0.29, 0.717) is 34.5 Å². The molecule has 0 saturated heterocycles. The Morgan fingerprint density at radius 2 is 1.91 bits per heavy atom. The number of hydrogen-bond donors (Lipinski definition) is 1. The van der Waals surface area contributed by atoms with Gasteiger partial charge in [-0.15, -0.1) is 11.3 Å². The summed E-state index contributed by atoms with van der Waals surface area (Å²) in [4.78, 5) is 17.1. The van der Waals surface area contributed by atoms with Gasteiger partial charge in [-0.2, -0.15) is 0 Å². The molecule has 1 aliphatic rings. The molecule has 8 heteroatoms. The summed E-state index contributed by atoms with van der Waals surface area (Å²) >= 11 is 1.38. The number of benzene rings is 3. The van der Waals surface area contributed by atoms with Crippen molar-refractivity contribution in [3.05, 3.63) is 94.7 Å². The van der Waals surface area contributed by atoms with E-state index >= 15 is 0 Å². The summed E-state index contributed by atoms with van der Waals surface area (Å²) in [5.41, 5.74) is 2.84. The number of hydrogen-bond acceptors (Lipinski definition) is 6. The second-order valence-electron chi connectivity index (χ2n) is 7.35. The van der Waals surface area contributed by atoms with Crippen LogP contribution in [-0.4, -0.2) is 17.7 Å². The van der Waals surface area contributed by atoms with Gasteiger partial charge in [0.05, 0.1) is 0 Å². The molecule has 0 unspecified atom stereocenters. The maximum absolute atomic E-state index is 13.3. The molecule has 6 nitrogen and oxygen atoms in total. The average Bonchev–Trinajstić information content (AvgIpc) is 3.51. The van der Waals surface area contributed by atoms with Crippen molar-refractivity contribution in [1.82, 2.24) is 10.3 Å². The van der Waals surface area contributed by atoms with Crippen LogP contribution < -0.4 is 19.5 Å². The van der Waals surface area contributed by atoms with Crippen LogP contribution in [0.15, 0.2) is 72.1 Å². The zero-order valence-corrected chi connectivity index (χ0v) is 18.2. The molecular formula is C25H19FN2O4S. The van der Waals surface area contributed by atoms with E-state index in [1.807, 2.05) is 48.5 Å². The van der Waals surface area contributed by atoms with Crippen molar-refractivity contribution in [2.45, 2.75) is 13.2 Å². The molecule has 0 fully saturated rings. The molecule has 33 heavy (non-hydrogen) atoms. The van der Waals surface area contributed by atoms with Crippen molar-refractivity contribution in [3.63, 3.8) is 0 Å². The lowest BCUT2D eigenvalue weighted by atomic mass is 10.2. The number of nitrogens with one attached hydrogen (secondary N) is 1. The zero-order chi connectivity index (χ0) is 22.6. The van der Waals surface area contributed by atoms with Crippen LogP contribution in [-0.2, 0) is 13.2 Å². The van der Waals surface area contributed by atoms with Gasteiger partial charge in [-0.3, -0.25) is 4.79 Å². The largest absolute Gasteiger partial charge is 0.489 e. The highest BCUT2D eigenvalue weighted by Crippen LogP contribution is 2.32. The van der Waals surface area contributed by atoms with Gasteiger partial charge in [-0.25, -0.2) is 9.37 Å². The Hall–Kier alpha value is -3.91. The summed E-state index contributed by atoms with van der Waals surface area (Å²) in [5, 5.41) is 5.31. The predicted molar refractivity (Wildman–Crippen MR) is 122 cm³/mol. The van der Waals surface area contributed by atoms with Crippen LogP contribution in [0.5, 0.6) is 17.2 Å². The fraction of sp³-hybridized carbons (Fsp3) is 0.120. The summed E-state index contributed by atoms with van der Waals surface area (Å²) in [5.74, 6) is 1.47. The summed E-state index contributed by atoms with van der Waals surface area (Å²) in [7, 11) is 0. The highest BCUT2D eigenvalue weighted by Gasteiger charge is 2.15. The van der Waals surface area contributed by atoms with Crippen LogP contribution in [0.2, 0.25) is 0 Å². The predicted octanol–water partition coefficient (Wildman–Crippen LogP) is 5.19. The zero-order valence-electron chi connectivity index (χ0n) is 17.4. The first-order valence-electron chi connectivity index (χ1n) is 10.2. The van der Waals surface area contributed by atoms with E-state index in [2.05, 4.69) is 10.3 Å². The van der Waals surface area contributed by atoms with E-state index in [1.165, 1.54) is 23.5 Å². The molecule has 0 radical (unpaired) electrons. The number of carbonyl (C=O) groups is 1. The average molecular weight is 463 g/mol. The van der Waals surface area contributed by atoms with Crippen molar-refractivity contribution < 1.29 is 23.4 Å². The van der Waals surface area contributed by atoms with Gasteiger partial charge in [-0.1, -0.05) is 30.3 Å². The minimum atomic E-state index is -0.294. The maximum atomic E-state index is 13.3. The monoisotopic (exact) mass is 462 g/mol. The Kier molecular flexibility index (Phi) is 5.91. The number of aromatic nitrogens is 1. The van der Waals surface area contributed by atoms with Crippen molar-refractivity contribution in [1.29, 1.82) is 0 Å². The first kappa shape index (κ1) is 21.0. The van der Waals surface area contributed by atoms with Crippen LogP contribution in [0.25, 0.3) is 10.6 Å². The third-order valence-electron chi connectivity index (χ3n) is 5.00. The van der Waals surface area contributed by atoms with E-state index in [1.54, 1.807) is 11.4 Å². The number of nitrogens with zero attached hydrogens (tertiary/aromatic N) is 1. The summed E-state index contributed by atoms with van der Waals surface area (Å²) in [6, 6.07) is 19.3. The Bertz CT molecular complexity index is 1310. The van der Waals surface area contributed by atoms with Gasteiger partial charge < -0.3 is 19.5 Å². The minimum absolute atomic E-state index is 0.212. The Morgan fingerprint density at radius 3 is 2.82 bits per heavy atom. The molecule has 4 aromatic rings. The van der Waals surface area contributed by atoms with E-state index < -0.39 is 0 Å². The van der Waals surface area contributed by atoms with Crippen LogP contribution in [0.4, 0.5) is 4.39 Å². The van der Waals surface area contributed by atoms with Gasteiger partial charge in [0, 0.05) is 17.5 Å². The minimum Gasteiger partial charge on any atom is -0.489 e.